The van der Waals surface area contributed by atoms with Crippen LogP contribution in [0.1, 0.15) is 21.5 Å². The maximum absolute atomic E-state index is 13.2. The summed E-state index contributed by atoms with van der Waals surface area (Å²) in [7, 11) is 0. The third-order valence-electron chi connectivity index (χ3n) is 4.65. The molecule has 0 radical (unpaired) electrons. The Labute approximate surface area is 173 Å². The van der Waals surface area contributed by atoms with Crippen molar-refractivity contribution in [2.75, 3.05) is 0 Å². The maximum Gasteiger partial charge on any atom is 0.336 e. The van der Waals surface area contributed by atoms with Crippen LogP contribution in [-0.2, 0) is 0 Å². The van der Waals surface area contributed by atoms with E-state index in [1.54, 1.807) is 36.7 Å². The van der Waals surface area contributed by atoms with E-state index in [4.69, 9.17) is 0 Å². The number of halogens is 1. The van der Waals surface area contributed by atoms with Gasteiger partial charge in [-0.25, -0.2) is 9.18 Å². The Morgan fingerprint density at radius 3 is 2.13 bits per heavy atom. The second-order valence-corrected chi connectivity index (χ2v) is 6.64. The van der Waals surface area contributed by atoms with Crippen molar-refractivity contribution in [3.63, 3.8) is 0 Å². The van der Waals surface area contributed by atoms with Gasteiger partial charge in [0.05, 0.1) is 5.56 Å². The molecule has 0 atom stereocenters. The quantitative estimate of drug-likeness (QED) is 0.458. The minimum absolute atomic E-state index is 0.125. The van der Waals surface area contributed by atoms with Crippen LogP contribution in [0.3, 0.4) is 0 Å². The molecule has 1 N–H and O–H groups in total. The SMILES string of the molecule is O=C(O)c1ccc(-c2ccc(F)cc2)cc1C#Cc1ccc(-c2cccnc2)cc1. The van der Waals surface area contributed by atoms with Gasteiger partial charge in [-0.3, -0.25) is 4.98 Å². The smallest absolute Gasteiger partial charge is 0.336 e. The average Bonchev–Trinajstić information content (AvgIpc) is 2.79. The number of aromatic carboxylic acids is 1. The van der Waals surface area contributed by atoms with Gasteiger partial charge in [0.15, 0.2) is 0 Å². The zero-order valence-electron chi connectivity index (χ0n) is 15.8. The number of aromatic nitrogens is 1. The molecule has 0 aliphatic heterocycles. The normalized spacial score (nSPS) is 10.2. The molecule has 1 heterocycles. The number of hydrogen-bond acceptors (Lipinski definition) is 2. The number of benzene rings is 3. The summed E-state index contributed by atoms with van der Waals surface area (Å²) in [5.74, 6) is 4.64. The third-order valence-corrected chi connectivity index (χ3v) is 4.65. The van der Waals surface area contributed by atoms with Crippen LogP contribution in [0.15, 0.2) is 91.3 Å². The number of carbonyl (C=O) groups is 1. The predicted molar refractivity (Wildman–Crippen MR) is 114 cm³/mol. The Balaban J connectivity index is 1.67. The highest BCUT2D eigenvalue weighted by molar-refractivity contribution is 5.92. The molecular weight excluding hydrogens is 377 g/mol. The number of pyridine rings is 1. The Hall–Kier alpha value is -4.23. The van der Waals surface area contributed by atoms with Gasteiger partial charge < -0.3 is 5.11 Å². The molecule has 0 aliphatic rings. The molecule has 0 aliphatic carbocycles. The first kappa shape index (κ1) is 19.1. The maximum atomic E-state index is 13.2. The number of hydrogen-bond donors (Lipinski definition) is 1. The van der Waals surface area contributed by atoms with E-state index in [0.29, 0.717) is 5.56 Å². The van der Waals surface area contributed by atoms with Crippen molar-refractivity contribution in [1.82, 2.24) is 4.98 Å². The van der Waals surface area contributed by atoms with Gasteiger partial charge in [-0.05, 0) is 64.7 Å². The summed E-state index contributed by atoms with van der Waals surface area (Å²) in [5.41, 5.74) is 4.90. The van der Waals surface area contributed by atoms with Crippen molar-refractivity contribution < 1.29 is 14.3 Å². The summed E-state index contributed by atoms with van der Waals surface area (Å²) >= 11 is 0. The second-order valence-electron chi connectivity index (χ2n) is 6.64. The Kier molecular flexibility index (Phi) is 5.36. The van der Waals surface area contributed by atoms with Crippen molar-refractivity contribution in [2.45, 2.75) is 0 Å². The largest absolute Gasteiger partial charge is 0.478 e. The highest BCUT2D eigenvalue weighted by Gasteiger charge is 2.10. The molecule has 0 saturated carbocycles. The first-order valence-electron chi connectivity index (χ1n) is 9.26. The van der Waals surface area contributed by atoms with Crippen LogP contribution in [0.5, 0.6) is 0 Å². The molecule has 4 aromatic rings. The van der Waals surface area contributed by atoms with Crippen LogP contribution in [0.25, 0.3) is 22.3 Å². The first-order chi connectivity index (χ1) is 14.6. The molecule has 0 spiro atoms. The molecule has 0 amide bonds. The summed E-state index contributed by atoms with van der Waals surface area (Å²) < 4.78 is 13.2. The fourth-order valence-corrected chi connectivity index (χ4v) is 3.08. The fraction of sp³-hybridized carbons (Fsp3) is 0. The van der Waals surface area contributed by atoms with Gasteiger partial charge in [-0.2, -0.15) is 0 Å². The fourth-order valence-electron chi connectivity index (χ4n) is 3.08. The molecule has 30 heavy (non-hydrogen) atoms. The molecule has 144 valence electrons. The van der Waals surface area contributed by atoms with Crippen LogP contribution >= 0.6 is 0 Å². The van der Waals surface area contributed by atoms with Crippen LogP contribution in [0, 0.1) is 17.7 Å². The van der Waals surface area contributed by atoms with E-state index in [2.05, 4.69) is 16.8 Å². The molecule has 4 heteroatoms. The zero-order valence-corrected chi connectivity index (χ0v) is 15.8. The summed E-state index contributed by atoms with van der Waals surface area (Å²) in [6.07, 6.45) is 3.52. The van der Waals surface area contributed by atoms with E-state index in [9.17, 15) is 14.3 Å². The van der Waals surface area contributed by atoms with Crippen molar-refractivity contribution in [3.8, 4) is 34.1 Å². The lowest BCUT2D eigenvalue weighted by molar-refractivity contribution is 0.0696. The minimum Gasteiger partial charge on any atom is -0.478 e. The van der Waals surface area contributed by atoms with Gasteiger partial charge in [-0.15, -0.1) is 0 Å². The molecule has 0 bridgehead atoms. The third kappa shape index (κ3) is 4.26. The lowest BCUT2D eigenvalue weighted by atomic mass is 9.99. The highest BCUT2D eigenvalue weighted by atomic mass is 19.1. The monoisotopic (exact) mass is 393 g/mol. The Morgan fingerprint density at radius 2 is 1.47 bits per heavy atom. The summed E-state index contributed by atoms with van der Waals surface area (Å²) in [6, 6.07) is 22.5. The minimum atomic E-state index is -1.04. The summed E-state index contributed by atoms with van der Waals surface area (Å²) in [5, 5.41) is 9.50. The van der Waals surface area contributed by atoms with Crippen LogP contribution in [-0.4, -0.2) is 16.1 Å². The lowest BCUT2D eigenvalue weighted by Crippen LogP contribution is -2.00. The van der Waals surface area contributed by atoms with Crippen LogP contribution in [0.2, 0.25) is 0 Å². The van der Waals surface area contributed by atoms with Crippen LogP contribution in [0.4, 0.5) is 4.39 Å². The topological polar surface area (TPSA) is 50.2 Å². The molecule has 3 aromatic carbocycles. The molecular formula is C26H16FNO2. The van der Waals surface area contributed by atoms with Gasteiger partial charge in [0.25, 0.3) is 0 Å². The van der Waals surface area contributed by atoms with Crippen molar-refractivity contribution in [2.24, 2.45) is 0 Å². The van der Waals surface area contributed by atoms with Crippen LogP contribution < -0.4 is 0 Å². The molecule has 4 rings (SSSR count). The second kappa shape index (κ2) is 8.42. The van der Waals surface area contributed by atoms with Crippen molar-refractivity contribution in [1.29, 1.82) is 0 Å². The lowest BCUT2D eigenvalue weighted by Gasteiger charge is -2.05. The first-order valence-corrected chi connectivity index (χ1v) is 9.26. The molecule has 0 fully saturated rings. The van der Waals surface area contributed by atoms with Gasteiger partial charge in [0, 0.05) is 23.5 Å². The Morgan fingerprint density at radius 1 is 0.800 bits per heavy atom. The van der Waals surface area contributed by atoms with E-state index < -0.39 is 5.97 Å². The summed E-state index contributed by atoms with van der Waals surface area (Å²) in [4.78, 5) is 15.7. The molecule has 0 unspecified atom stereocenters. The van der Waals surface area contributed by atoms with Gasteiger partial charge in [-0.1, -0.05) is 48.2 Å². The molecule has 1 aromatic heterocycles. The van der Waals surface area contributed by atoms with Gasteiger partial charge in [0.1, 0.15) is 5.82 Å². The zero-order chi connectivity index (χ0) is 20.9. The van der Waals surface area contributed by atoms with Gasteiger partial charge in [0.2, 0.25) is 0 Å². The van der Waals surface area contributed by atoms with E-state index in [-0.39, 0.29) is 11.4 Å². The number of rotatable bonds is 3. The standard InChI is InChI=1S/C26H16FNO2/c27-24-12-9-19(10-13-24)21-11-14-25(26(29)30)22(16-21)8-5-18-3-6-20(7-4-18)23-2-1-15-28-17-23/h1-4,6-7,9-17H,(H,29,30). The molecule has 0 saturated heterocycles. The van der Waals surface area contributed by atoms with E-state index in [1.807, 2.05) is 36.4 Å². The number of carboxylic acids is 1. The summed E-state index contributed by atoms with van der Waals surface area (Å²) in [6.45, 7) is 0. The molecule has 3 nitrogen and oxygen atoms in total. The van der Waals surface area contributed by atoms with E-state index in [1.165, 1.54) is 18.2 Å². The average molecular weight is 393 g/mol. The number of carboxylic acid groups (broad SMARTS) is 1. The predicted octanol–water partition coefficient (Wildman–Crippen LogP) is 5.65. The van der Waals surface area contributed by atoms with Crippen molar-refractivity contribution >= 4 is 5.97 Å². The number of nitrogens with zero attached hydrogens (tertiary/aromatic N) is 1. The Bertz CT molecular complexity index is 1250. The van der Waals surface area contributed by atoms with Crippen molar-refractivity contribution in [3.05, 3.63) is 114 Å². The highest BCUT2D eigenvalue weighted by Crippen LogP contribution is 2.23. The van der Waals surface area contributed by atoms with Gasteiger partial charge >= 0.3 is 5.97 Å². The van der Waals surface area contributed by atoms with E-state index >= 15 is 0 Å². The van der Waals surface area contributed by atoms with E-state index in [0.717, 1.165) is 27.8 Å².